The van der Waals surface area contributed by atoms with Crippen molar-refractivity contribution in [2.75, 3.05) is 17.8 Å². The molecule has 0 aromatic heterocycles. The van der Waals surface area contributed by atoms with E-state index in [1.165, 1.54) is 31.2 Å². The number of benzene rings is 2. The van der Waals surface area contributed by atoms with Crippen LogP contribution in [-0.2, 0) is 10.0 Å². The van der Waals surface area contributed by atoms with E-state index < -0.39 is 10.0 Å². The van der Waals surface area contributed by atoms with Crippen LogP contribution in [0.25, 0.3) is 0 Å². The lowest BCUT2D eigenvalue weighted by Crippen LogP contribution is -2.35. The number of anilines is 1. The van der Waals surface area contributed by atoms with E-state index in [-0.39, 0.29) is 16.6 Å². The van der Waals surface area contributed by atoms with Crippen LogP contribution < -0.4 is 4.72 Å². The largest absolute Gasteiger partial charge is 0.339 e. The number of carbonyl (C=O) groups excluding carboxylic acids is 2. The van der Waals surface area contributed by atoms with E-state index in [9.17, 15) is 18.0 Å². The SMILES string of the molecule is CC(=O)c1ccc(S(=O)(=O)Nc2ccc(C(=O)N3CCCCC3)cc2)cc1. The van der Waals surface area contributed by atoms with Crippen molar-refractivity contribution in [3.05, 3.63) is 59.7 Å². The first-order valence-corrected chi connectivity index (χ1v) is 10.4. The maximum Gasteiger partial charge on any atom is 0.261 e. The Hall–Kier alpha value is -2.67. The first-order chi connectivity index (χ1) is 12.9. The number of hydrogen-bond donors (Lipinski definition) is 1. The van der Waals surface area contributed by atoms with Crippen LogP contribution >= 0.6 is 0 Å². The Morgan fingerprint density at radius 1 is 0.852 bits per heavy atom. The van der Waals surface area contributed by atoms with Crippen LogP contribution in [0.5, 0.6) is 0 Å². The Balaban J connectivity index is 1.71. The van der Waals surface area contributed by atoms with Crippen LogP contribution in [0.3, 0.4) is 0 Å². The first-order valence-electron chi connectivity index (χ1n) is 8.90. The number of nitrogens with zero attached hydrogens (tertiary/aromatic N) is 1. The second-order valence-corrected chi connectivity index (χ2v) is 8.30. The number of ketones is 1. The Bertz CT molecular complexity index is 929. The summed E-state index contributed by atoms with van der Waals surface area (Å²) in [6.07, 6.45) is 3.19. The standard InChI is InChI=1S/C20H22N2O4S/c1-15(23)16-7-11-19(12-8-16)27(25,26)21-18-9-5-17(6-10-18)20(24)22-13-3-2-4-14-22/h5-12,21H,2-4,13-14H2,1H3. The zero-order chi connectivity index (χ0) is 19.4. The summed E-state index contributed by atoms with van der Waals surface area (Å²) in [4.78, 5) is 25.7. The molecule has 1 N–H and O–H groups in total. The number of sulfonamides is 1. The molecule has 27 heavy (non-hydrogen) atoms. The molecule has 3 rings (SSSR count). The molecular formula is C20H22N2O4S. The van der Waals surface area contributed by atoms with Crippen molar-refractivity contribution in [1.82, 2.24) is 4.90 Å². The van der Waals surface area contributed by atoms with Gasteiger partial charge in [-0.05, 0) is 62.6 Å². The Labute approximate surface area is 159 Å². The predicted molar refractivity (Wildman–Crippen MR) is 103 cm³/mol. The third kappa shape index (κ3) is 4.54. The highest BCUT2D eigenvalue weighted by Gasteiger charge is 2.19. The molecule has 1 aliphatic rings. The normalized spacial score (nSPS) is 14.6. The van der Waals surface area contributed by atoms with Gasteiger partial charge in [0.1, 0.15) is 0 Å². The van der Waals surface area contributed by atoms with Crippen molar-refractivity contribution in [3.8, 4) is 0 Å². The van der Waals surface area contributed by atoms with Gasteiger partial charge in [-0.25, -0.2) is 8.42 Å². The molecule has 0 saturated carbocycles. The van der Waals surface area contributed by atoms with Crippen molar-refractivity contribution in [1.29, 1.82) is 0 Å². The van der Waals surface area contributed by atoms with Gasteiger partial charge in [0.25, 0.3) is 15.9 Å². The molecule has 1 amide bonds. The van der Waals surface area contributed by atoms with Crippen LogP contribution in [0.4, 0.5) is 5.69 Å². The smallest absolute Gasteiger partial charge is 0.261 e. The van der Waals surface area contributed by atoms with Crippen molar-refractivity contribution in [2.45, 2.75) is 31.1 Å². The van der Waals surface area contributed by atoms with E-state index in [0.29, 0.717) is 16.8 Å². The predicted octanol–water partition coefficient (Wildman–Crippen LogP) is 3.32. The number of amides is 1. The number of piperidine rings is 1. The Morgan fingerprint density at radius 3 is 1.96 bits per heavy atom. The fourth-order valence-electron chi connectivity index (χ4n) is 3.04. The second-order valence-electron chi connectivity index (χ2n) is 6.62. The highest BCUT2D eigenvalue weighted by atomic mass is 32.2. The van der Waals surface area contributed by atoms with Crippen LogP contribution in [-0.4, -0.2) is 38.1 Å². The minimum absolute atomic E-state index is 0.0241. The van der Waals surface area contributed by atoms with E-state index in [0.717, 1.165) is 32.4 Å². The summed E-state index contributed by atoms with van der Waals surface area (Å²) in [6, 6.07) is 12.2. The van der Waals surface area contributed by atoms with Crippen LogP contribution in [0, 0.1) is 0 Å². The molecule has 7 heteroatoms. The number of nitrogens with one attached hydrogen (secondary N) is 1. The molecule has 0 spiro atoms. The maximum atomic E-state index is 12.5. The van der Waals surface area contributed by atoms with E-state index >= 15 is 0 Å². The van der Waals surface area contributed by atoms with E-state index in [2.05, 4.69) is 4.72 Å². The molecule has 0 atom stereocenters. The lowest BCUT2D eigenvalue weighted by molar-refractivity contribution is 0.0724. The van der Waals surface area contributed by atoms with Gasteiger partial charge in [0.15, 0.2) is 5.78 Å². The summed E-state index contributed by atoms with van der Waals surface area (Å²) in [7, 11) is -3.77. The van der Waals surface area contributed by atoms with Crippen molar-refractivity contribution in [2.24, 2.45) is 0 Å². The van der Waals surface area contributed by atoms with E-state index in [1.54, 1.807) is 24.3 Å². The molecule has 0 bridgehead atoms. The van der Waals surface area contributed by atoms with Gasteiger partial charge in [-0.3, -0.25) is 14.3 Å². The van der Waals surface area contributed by atoms with Crippen LogP contribution in [0.1, 0.15) is 46.9 Å². The Kier molecular flexibility index (Phi) is 5.60. The van der Waals surface area contributed by atoms with Gasteiger partial charge in [0.2, 0.25) is 0 Å². The number of likely N-dealkylation sites (tertiary alicyclic amines) is 1. The fraction of sp³-hybridized carbons (Fsp3) is 0.300. The second kappa shape index (κ2) is 7.92. The number of rotatable bonds is 5. The minimum Gasteiger partial charge on any atom is -0.339 e. The minimum atomic E-state index is -3.77. The maximum absolute atomic E-state index is 12.5. The summed E-state index contributed by atoms with van der Waals surface area (Å²) in [5, 5.41) is 0. The molecule has 1 saturated heterocycles. The monoisotopic (exact) mass is 386 g/mol. The molecular weight excluding hydrogens is 364 g/mol. The molecule has 142 valence electrons. The van der Waals surface area contributed by atoms with E-state index in [4.69, 9.17) is 0 Å². The van der Waals surface area contributed by atoms with Gasteiger partial charge in [-0.2, -0.15) is 0 Å². The Morgan fingerprint density at radius 2 is 1.41 bits per heavy atom. The van der Waals surface area contributed by atoms with E-state index in [1.807, 2.05) is 4.90 Å². The highest BCUT2D eigenvalue weighted by molar-refractivity contribution is 7.92. The zero-order valence-corrected chi connectivity index (χ0v) is 16.0. The van der Waals surface area contributed by atoms with Gasteiger partial charge in [0.05, 0.1) is 4.90 Å². The molecule has 6 nitrogen and oxygen atoms in total. The van der Waals surface area contributed by atoms with Gasteiger partial charge >= 0.3 is 0 Å². The lowest BCUT2D eigenvalue weighted by atomic mass is 10.1. The average Bonchev–Trinajstić information content (AvgIpc) is 2.68. The lowest BCUT2D eigenvalue weighted by Gasteiger charge is -2.26. The fourth-order valence-corrected chi connectivity index (χ4v) is 4.10. The summed E-state index contributed by atoms with van der Waals surface area (Å²) in [5.41, 5.74) is 1.38. The third-order valence-electron chi connectivity index (χ3n) is 4.60. The summed E-state index contributed by atoms with van der Waals surface area (Å²) < 4.78 is 27.4. The van der Waals surface area contributed by atoms with Crippen LogP contribution in [0.2, 0.25) is 0 Å². The topological polar surface area (TPSA) is 83.5 Å². The number of Topliss-reactive ketones (excluding diaryl/α,β-unsaturated/α-hetero) is 1. The number of carbonyl (C=O) groups is 2. The third-order valence-corrected chi connectivity index (χ3v) is 6.00. The van der Waals surface area contributed by atoms with Gasteiger partial charge in [0, 0.05) is 29.9 Å². The molecule has 2 aromatic rings. The molecule has 1 fully saturated rings. The molecule has 1 aliphatic heterocycles. The molecule has 0 radical (unpaired) electrons. The van der Waals surface area contributed by atoms with Gasteiger partial charge < -0.3 is 4.90 Å². The quantitative estimate of drug-likeness (QED) is 0.799. The molecule has 0 aliphatic carbocycles. The summed E-state index contributed by atoms with van der Waals surface area (Å²) in [6.45, 7) is 2.96. The highest BCUT2D eigenvalue weighted by Crippen LogP contribution is 2.19. The van der Waals surface area contributed by atoms with Gasteiger partial charge in [-0.15, -0.1) is 0 Å². The van der Waals surface area contributed by atoms with Crippen LogP contribution in [0.15, 0.2) is 53.4 Å². The summed E-state index contributed by atoms with van der Waals surface area (Å²) >= 11 is 0. The number of hydrogen-bond acceptors (Lipinski definition) is 4. The molecule has 0 unspecified atom stereocenters. The van der Waals surface area contributed by atoms with Crippen molar-refractivity contribution >= 4 is 27.4 Å². The molecule has 2 aromatic carbocycles. The first kappa shape index (κ1) is 19.1. The van der Waals surface area contributed by atoms with Gasteiger partial charge in [-0.1, -0.05) is 12.1 Å². The average molecular weight is 386 g/mol. The van der Waals surface area contributed by atoms with Crippen molar-refractivity contribution < 1.29 is 18.0 Å². The summed E-state index contributed by atoms with van der Waals surface area (Å²) in [5.74, 6) is -0.148. The van der Waals surface area contributed by atoms with Crippen molar-refractivity contribution in [3.63, 3.8) is 0 Å². The zero-order valence-electron chi connectivity index (χ0n) is 15.1. The molecule has 1 heterocycles.